The van der Waals surface area contributed by atoms with Crippen LogP contribution in [0.15, 0.2) is 110 Å². The molecule has 182 valence electrons. The van der Waals surface area contributed by atoms with Gasteiger partial charge in [-0.2, -0.15) is 0 Å². The molecule has 0 saturated heterocycles. The molecule has 0 saturated carbocycles. The molecule has 0 aliphatic rings. The standard InChI is InChI=1S/C32H18N6S/c1-3-7-26-20(5-1)22-10-11-23-21-6-2-4-8-29(21)39-31(23)30(22)37(26)19-9-12-27-24(15-19)25-16-33-14-13-28(25)38(27)32-35-17-34-18-36-32/h1-18H. The van der Waals surface area contributed by atoms with Crippen LogP contribution in [0.4, 0.5) is 0 Å². The van der Waals surface area contributed by atoms with E-state index >= 15 is 0 Å². The fourth-order valence-corrected chi connectivity index (χ4v) is 7.30. The van der Waals surface area contributed by atoms with Crippen molar-refractivity contribution in [2.24, 2.45) is 0 Å². The number of aromatic nitrogens is 6. The largest absolute Gasteiger partial charge is 0.308 e. The van der Waals surface area contributed by atoms with Gasteiger partial charge < -0.3 is 4.57 Å². The maximum atomic E-state index is 4.46. The molecule has 0 bridgehead atoms. The Morgan fingerprint density at radius 2 is 1.33 bits per heavy atom. The van der Waals surface area contributed by atoms with Crippen molar-refractivity contribution in [1.29, 1.82) is 0 Å². The molecule has 7 heteroatoms. The molecule has 0 spiro atoms. The Bertz CT molecular complexity index is 2400. The summed E-state index contributed by atoms with van der Waals surface area (Å²) in [5.41, 5.74) is 5.58. The summed E-state index contributed by atoms with van der Waals surface area (Å²) >= 11 is 1.87. The first-order chi connectivity index (χ1) is 19.4. The van der Waals surface area contributed by atoms with Crippen LogP contribution in [0.25, 0.3) is 75.4 Å². The Labute approximate surface area is 225 Å². The summed E-state index contributed by atoms with van der Waals surface area (Å²) in [6, 6.07) is 30.6. The lowest BCUT2D eigenvalue weighted by Crippen LogP contribution is -2.01. The zero-order valence-corrected chi connectivity index (χ0v) is 21.3. The summed E-state index contributed by atoms with van der Waals surface area (Å²) in [5.74, 6) is 0.591. The first-order valence-corrected chi connectivity index (χ1v) is 13.5. The summed E-state index contributed by atoms with van der Waals surface area (Å²) < 4.78 is 7.11. The number of rotatable bonds is 2. The SMILES string of the molecule is c1ccc2c(c1)sc1c2ccc2c3ccccc3n(-c3ccc4c(c3)c3cnccc3n4-c3ncncn3)c21. The first-order valence-electron chi connectivity index (χ1n) is 12.7. The lowest BCUT2D eigenvalue weighted by Gasteiger charge is -2.10. The lowest BCUT2D eigenvalue weighted by atomic mass is 10.1. The van der Waals surface area contributed by atoms with Crippen LogP contribution < -0.4 is 0 Å². The highest BCUT2D eigenvalue weighted by Crippen LogP contribution is 2.43. The van der Waals surface area contributed by atoms with E-state index in [0.717, 1.165) is 27.5 Å². The summed E-state index contributed by atoms with van der Waals surface area (Å²) in [6.45, 7) is 0. The van der Waals surface area contributed by atoms with Gasteiger partial charge in [-0.3, -0.25) is 9.55 Å². The molecule has 0 fully saturated rings. The second-order valence-electron chi connectivity index (χ2n) is 9.66. The van der Waals surface area contributed by atoms with Crippen LogP contribution in [0.3, 0.4) is 0 Å². The van der Waals surface area contributed by atoms with Crippen molar-refractivity contribution in [2.75, 3.05) is 0 Å². The molecule has 0 amide bonds. The van der Waals surface area contributed by atoms with Crippen molar-refractivity contribution in [2.45, 2.75) is 0 Å². The molecule has 4 aromatic carbocycles. The van der Waals surface area contributed by atoms with Crippen LogP contribution in [0.1, 0.15) is 0 Å². The summed E-state index contributed by atoms with van der Waals surface area (Å²) in [5, 5.41) is 7.27. The van der Waals surface area contributed by atoms with Gasteiger partial charge in [-0.25, -0.2) is 15.0 Å². The van der Waals surface area contributed by atoms with E-state index in [0.29, 0.717) is 5.95 Å². The van der Waals surface area contributed by atoms with E-state index in [1.54, 1.807) is 0 Å². The summed E-state index contributed by atoms with van der Waals surface area (Å²) in [7, 11) is 0. The van der Waals surface area contributed by atoms with Gasteiger partial charge in [0, 0.05) is 55.1 Å². The van der Waals surface area contributed by atoms with Crippen molar-refractivity contribution in [1.82, 2.24) is 29.1 Å². The molecule has 0 unspecified atom stereocenters. The molecule has 0 atom stereocenters. The third kappa shape index (κ3) is 2.79. The van der Waals surface area contributed by atoms with E-state index in [2.05, 4.69) is 108 Å². The predicted molar refractivity (Wildman–Crippen MR) is 159 cm³/mol. The normalized spacial score (nSPS) is 12.1. The van der Waals surface area contributed by atoms with E-state index in [4.69, 9.17) is 0 Å². The molecule has 5 heterocycles. The molecular formula is C32H18N6S. The highest BCUT2D eigenvalue weighted by molar-refractivity contribution is 7.26. The maximum Gasteiger partial charge on any atom is 0.237 e. The van der Waals surface area contributed by atoms with Crippen molar-refractivity contribution in [3.63, 3.8) is 0 Å². The van der Waals surface area contributed by atoms with Crippen LogP contribution in [0.5, 0.6) is 0 Å². The van der Waals surface area contributed by atoms with Crippen molar-refractivity contribution in [3.05, 3.63) is 110 Å². The average Bonchev–Trinajstić information content (AvgIpc) is 3.65. The van der Waals surface area contributed by atoms with Gasteiger partial charge in [-0.1, -0.05) is 48.5 Å². The number of fused-ring (bicyclic) bond motifs is 10. The van der Waals surface area contributed by atoms with Gasteiger partial charge in [0.15, 0.2) is 0 Å². The molecule has 5 aromatic heterocycles. The second-order valence-corrected chi connectivity index (χ2v) is 10.7. The lowest BCUT2D eigenvalue weighted by molar-refractivity contribution is 0.939. The van der Waals surface area contributed by atoms with Gasteiger partial charge in [0.25, 0.3) is 0 Å². The topological polar surface area (TPSA) is 61.4 Å². The third-order valence-electron chi connectivity index (χ3n) is 7.67. The van der Waals surface area contributed by atoms with E-state index in [1.165, 1.54) is 54.6 Å². The first kappa shape index (κ1) is 20.9. The summed E-state index contributed by atoms with van der Waals surface area (Å²) in [4.78, 5) is 17.4. The van der Waals surface area contributed by atoms with E-state index in [-0.39, 0.29) is 0 Å². The molecule has 9 rings (SSSR count). The van der Waals surface area contributed by atoms with Crippen LogP contribution in [0.2, 0.25) is 0 Å². The quantitative estimate of drug-likeness (QED) is 0.234. The number of nitrogens with zero attached hydrogens (tertiary/aromatic N) is 6. The third-order valence-corrected chi connectivity index (χ3v) is 8.86. The molecule has 0 aliphatic heterocycles. The minimum Gasteiger partial charge on any atom is -0.308 e. The Hall–Kier alpha value is -5.14. The Morgan fingerprint density at radius 3 is 2.26 bits per heavy atom. The number of benzene rings is 4. The zero-order valence-electron chi connectivity index (χ0n) is 20.5. The van der Waals surface area contributed by atoms with Crippen molar-refractivity contribution >= 4 is 75.1 Å². The van der Waals surface area contributed by atoms with Gasteiger partial charge in [-0.15, -0.1) is 11.3 Å². The maximum absolute atomic E-state index is 4.46. The van der Waals surface area contributed by atoms with Gasteiger partial charge >= 0.3 is 0 Å². The number of thiophene rings is 1. The van der Waals surface area contributed by atoms with Gasteiger partial charge in [0.2, 0.25) is 5.95 Å². The van der Waals surface area contributed by atoms with Crippen LogP contribution in [-0.4, -0.2) is 29.1 Å². The van der Waals surface area contributed by atoms with Gasteiger partial charge in [0.1, 0.15) is 12.7 Å². The van der Waals surface area contributed by atoms with Crippen molar-refractivity contribution < 1.29 is 0 Å². The minimum absolute atomic E-state index is 0.591. The smallest absolute Gasteiger partial charge is 0.237 e. The number of pyridine rings is 1. The van der Waals surface area contributed by atoms with Crippen LogP contribution >= 0.6 is 11.3 Å². The molecule has 6 nitrogen and oxygen atoms in total. The van der Waals surface area contributed by atoms with Crippen LogP contribution in [0, 0.1) is 0 Å². The number of para-hydroxylation sites is 1. The molecule has 0 aliphatic carbocycles. The monoisotopic (exact) mass is 518 g/mol. The minimum atomic E-state index is 0.591. The number of hydrogen-bond donors (Lipinski definition) is 0. The van der Waals surface area contributed by atoms with Gasteiger partial charge in [0.05, 0.1) is 26.8 Å². The van der Waals surface area contributed by atoms with Crippen molar-refractivity contribution in [3.8, 4) is 11.6 Å². The molecule has 0 radical (unpaired) electrons. The van der Waals surface area contributed by atoms with E-state index in [1.807, 2.05) is 29.8 Å². The Kier molecular flexibility index (Phi) is 4.11. The fourth-order valence-electron chi connectivity index (χ4n) is 6.06. The van der Waals surface area contributed by atoms with Crippen LogP contribution in [-0.2, 0) is 0 Å². The highest BCUT2D eigenvalue weighted by Gasteiger charge is 2.19. The van der Waals surface area contributed by atoms with E-state index in [9.17, 15) is 0 Å². The average molecular weight is 519 g/mol. The predicted octanol–water partition coefficient (Wildman–Crippen LogP) is 7.83. The van der Waals surface area contributed by atoms with E-state index < -0.39 is 0 Å². The summed E-state index contributed by atoms with van der Waals surface area (Å²) in [6.07, 6.45) is 6.80. The highest BCUT2D eigenvalue weighted by atomic mass is 32.1. The second kappa shape index (κ2) is 7.69. The number of hydrogen-bond acceptors (Lipinski definition) is 5. The Balaban J connectivity index is 1.43. The molecular weight excluding hydrogens is 500 g/mol. The fraction of sp³-hybridized carbons (Fsp3) is 0. The molecule has 39 heavy (non-hydrogen) atoms. The molecule has 0 N–H and O–H groups in total. The molecule has 9 aromatic rings. The zero-order chi connectivity index (χ0) is 25.5. The Morgan fingerprint density at radius 1 is 0.564 bits per heavy atom. The van der Waals surface area contributed by atoms with Gasteiger partial charge in [-0.05, 0) is 36.4 Å².